The van der Waals surface area contributed by atoms with Crippen LogP contribution in [0.5, 0.6) is 0 Å². The van der Waals surface area contributed by atoms with Gasteiger partial charge in [0.1, 0.15) is 5.65 Å². The van der Waals surface area contributed by atoms with Gasteiger partial charge in [-0.15, -0.1) is 0 Å². The average molecular weight is 460 g/mol. The van der Waals surface area contributed by atoms with Gasteiger partial charge in [-0.05, 0) is 44.0 Å². The lowest BCUT2D eigenvalue weighted by atomic mass is 9.91. The van der Waals surface area contributed by atoms with Crippen molar-refractivity contribution in [2.75, 3.05) is 44.7 Å². The van der Waals surface area contributed by atoms with Crippen molar-refractivity contribution >= 4 is 11.6 Å². The average Bonchev–Trinajstić information content (AvgIpc) is 3.20. The molecule has 1 aliphatic carbocycles. The van der Waals surface area contributed by atoms with Crippen LogP contribution in [0, 0.1) is 0 Å². The number of anilines is 1. The van der Waals surface area contributed by atoms with Crippen LogP contribution in [0.2, 0.25) is 0 Å². The highest BCUT2D eigenvalue weighted by Gasteiger charge is 2.32. The minimum atomic E-state index is -4.17. The highest BCUT2D eigenvalue weighted by atomic mass is 19.4. The summed E-state index contributed by atoms with van der Waals surface area (Å²) in [6, 6.07) is 6.30. The summed E-state index contributed by atoms with van der Waals surface area (Å²) in [6.45, 7) is 1.53. The van der Waals surface area contributed by atoms with Crippen molar-refractivity contribution in [1.82, 2.24) is 29.2 Å². The summed E-state index contributed by atoms with van der Waals surface area (Å²) in [5.41, 5.74) is 4.22. The van der Waals surface area contributed by atoms with Gasteiger partial charge in [-0.2, -0.15) is 13.2 Å². The van der Waals surface area contributed by atoms with Crippen LogP contribution in [-0.2, 0) is 13.0 Å². The lowest BCUT2D eigenvalue weighted by Gasteiger charge is -2.35. The molecule has 0 aromatic carbocycles. The Kier molecular flexibility index (Phi) is 5.96. The van der Waals surface area contributed by atoms with E-state index in [1.165, 1.54) is 10.5 Å². The first-order valence-electron chi connectivity index (χ1n) is 11.4. The number of halogens is 3. The Bertz CT molecular complexity index is 1100. The smallest absolute Gasteiger partial charge is 0.339 e. The topological polar surface area (TPSA) is 52.8 Å². The number of hydrogen-bond acceptors (Lipinski definition) is 6. The van der Waals surface area contributed by atoms with Crippen molar-refractivity contribution in [2.45, 2.75) is 38.0 Å². The molecule has 1 aliphatic heterocycles. The van der Waals surface area contributed by atoms with E-state index in [4.69, 9.17) is 4.98 Å². The van der Waals surface area contributed by atoms with Crippen LogP contribution in [0.15, 0.2) is 36.8 Å². The number of alkyl halides is 3. The maximum absolute atomic E-state index is 12.7. The molecule has 0 bridgehead atoms. The van der Waals surface area contributed by atoms with Crippen LogP contribution in [0.1, 0.15) is 35.8 Å². The molecule has 10 heteroatoms. The van der Waals surface area contributed by atoms with Gasteiger partial charge in [-0.25, -0.2) is 9.97 Å². The van der Waals surface area contributed by atoms with Gasteiger partial charge in [0.15, 0.2) is 0 Å². The van der Waals surface area contributed by atoms with Gasteiger partial charge in [0.05, 0.1) is 24.0 Å². The summed E-state index contributed by atoms with van der Waals surface area (Å²) in [6.07, 6.45) is 4.71. The number of aryl methyl sites for hydroxylation is 1. The molecule has 0 amide bonds. The van der Waals surface area contributed by atoms with E-state index in [0.29, 0.717) is 32.7 Å². The number of rotatable bonds is 5. The highest BCUT2D eigenvalue weighted by Crippen LogP contribution is 2.32. The Morgan fingerprint density at radius 1 is 1.09 bits per heavy atom. The van der Waals surface area contributed by atoms with Crippen LogP contribution in [-0.4, -0.2) is 75.1 Å². The van der Waals surface area contributed by atoms with Gasteiger partial charge in [0.2, 0.25) is 5.95 Å². The van der Waals surface area contributed by atoms with Gasteiger partial charge < -0.3 is 4.90 Å². The molecule has 1 fully saturated rings. The van der Waals surface area contributed by atoms with E-state index in [2.05, 4.69) is 28.0 Å². The maximum atomic E-state index is 12.7. The van der Waals surface area contributed by atoms with Crippen LogP contribution in [0.25, 0.3) is 5.65 Å². The van der Waals surface area contributed by atoms with Crippen LogP contribution < -0.4 is 4.90 Å². The van der Waals surface area contributed by atoms with Crippen LogP contribution in [0.3, 0.4) is 0 Å². The molecular formula is C23H28F3N7. The second-order valence-electron chi connectivity index (χ2n) is 8.95. The fraction of sp³-hybridized carbons (Fsp3) is 0.522. The van der Waals surface area contributed by atoms with Crippen LogP contribution >= 0.6 is 0 Å². The third-order valence-corrected chi connectivity index (χ3v) is 6.58. The Hall–Kier alpha value is -2.72. The zero-order chi connectivity index (χ0) is 23.0. The molecule has 0 N–H and O–H groups in total. The molecule has 33 heavy (non-hydrogen) atoms. The predicted molar refractivity (Wildman–Crippen MR) is 119 cm³/mol. The maximum Gasteiger partial charge on any atom is 0.401 e. The lowest BCUT2D eigenvalue weighted by molar-refractivity contribution is -0.146. The van der Waals surface area contributed by atoms with Gasteiger partial charge in [0, 0.05) is 51.3 Å². The number of piperazine rings is 1. The lowest BCUT2D eigenvalue weighted by Crippen LogP contribution is -2.49. The van der Waals surface area contributed by atoms with E-state index in [1.54, 1.807) is 6.20 Å². The summed E-state index contributed by atoms with van der Waals surface area (Å²) < 4.78 is 40.1. The SMILES string of the molecule is CN(Cc1cn2c(N3CCN(CC(F)(F)F)CC3)nccc2n1)C1CCCc2cccnc21. The molecule has 4 heterocycles. The molecule has 1 unspecified atom stereocenters. The first kappa shape index (κ1) is 22.1. The highest BCUT2D eigenvalue weighted by molar-refractivity contribution is 5.48. The number of pyridine rings is 1. The second-order valence-corrected chi connectivity index (χ2v) is 8.95. The Labute approximate surface area is 190 Å². The van der Waals surface area contributed by atoms with Gasteiger partial charge >= 0.3 is 6.18 Å². The number of fused-ring (bicyclic) bond motifs is 2. The standard InChI is InChI=1S/C23H28F3N7/c1-30(19-6-2-4-17-5-3-8-27-21(17)19)14-18-15-33-20(29-18)7-9-28-22(33)32-12-10-31(11-13-32)16-23(24,25)26/h3,5,7-9,15,19H,2,4,6,10-14,16H2,1H3. The fourth-order valence-corrected chi connectivity index (χ4v) is 5.01. The van der Waals surface area contributed by atoms with E-state index in [-0.39, 0.29) is 6.04 Å². The summed E-state index contributed by atoms with van der Waals surface area (Å²) >= 11 is 0. The van der Waals surface area contributed by atoms with Crippen molar-refractivity contribution in [1.29, 1.82) is 0 Å². The summed E-state index contributed by atoms with van der Waals surface area (Å²) in [5.74, 6) is 0.727. The molecule has 0 radical (unpaired) electrons. The molecule has 2 aliphatic rings. The number of imidazole rings is 1. The minimum Gasteiger partial charge on any atom is -0.339 e. The summed E-state index contributed by atoms with van der Waals surface area (Å²) in [5, 5.41) is 0. The molecule has 1 saturated heterocycles. The monoisotopic (exact) mass is 459 g/mol. The molecule has 3 aromatic rings. The first-order chi connectivity index (χ1) is 15.9. The van der Waals surface area contributed by atoms with Gasteiger partial charge in [0.25, 0.3) is 0 Å². The number of nitrogens with zero attached hydrogens (tertiary/aromatic N) is 7. The largest absolute Gasteiger partial charge is 0.401 e. The van der Waals surface area contributed by atoms with Crippen molar-refractivity contribution in [2.24, 2.45) is 0 Å². The van der Waals surface area contributed by atoms with Gasteiger partial charge in [-0.3, -0.25) is 19.2 Å². The van der Waals surface area contributed by atoms with E-state index >= 15 is 0 Å². The molecule has 7 nitrogen and oxygen atoms in total. The quantitative estimate of drug-likeness (QED) is 0.584. The zero-order valence-corrected chi connectivity index (χ0v) is 18.7. The number of hydrogen-bond donors (Lipinski definition) is 0. The van der Waals surface area contributed by atoms with E-state index in [1.807, 2.05) is 33.8 Å². The van der Waals surface area contributed by atoms with Crippen molar-refractivity contribution in [3.8, 4) is 0 Å². The molecule has 0 spiro atoms. The third-order valence-electron chi connectivity index (χ3n) is 6.58. The van der Waals surface area contributed by atoms with Gasteiger partial charge in [-0.1, -0.05) is 6.07 Å². The minimum absolute atomic E-state index is 0.263. The molecule has 1 atom stereocenters. The Balaban J connectivity index is 1.31. The van der Waals surface area contributed by atoms with Crippen molar-refractivity contribution < 1.29 is 13.2 Å². The third kappa shape index (κ3) is 4.81. The Morgan fingerprint density at radius 2 is 1.91 bits per heavy atom. The predicted octanol–water partition coefficient (Wildman–Crippen LogP) is 3.32. The normalized spacial score (nSPS) is 19.9. The summed E-state index contributed by atoms with van der Waals surface area (Å²) in [7, 11) is 2.11. The van der Waals surface area contributed by atoms with Crippen molar-refractivity contribution in [3.05, 3.63) is 53.7 Å². The summed E-state index contributed by atoms with van der Waals surface area (Å²) in [4.78, 5) is 19.8. The number of aromatic nitrogens is 4. The van der Waals surface area contributed by atoms with Crippen molar-refractivity contribution in [3.63, 3.8) is 0 Å². The Morgan fingerprint density at radius 3 is 2.70 bits per heavy atom. The molecule has 176 valence electrons. The molecular weight excluding hydrogens is 431 g/mol. The molecule has 3 aromatic heterocycles. The van der Waals surface area contributed by atoms with E-state index in [0.717, 1.165) is 42.2 Å². The van der Waals surface area contributed by atoms with Crippen LogP contribution in [0.4, 0.5) is 19.1 Å². The molecule has 0 saturated carbocycles. The van der Waals surface area contributed by atoms with E-state index in [9.17, 15) is 13.2 Å². The second kappa shape index (κ2) is 8.90. The molecule has 5 rings (SSSR count). The fourth-order valence-electron chi connectivity index (χ4n) is 5.01. The first-order valence-corrected chi connectivity index (χ1v) is 11.4. The zero-order valence-electron chi connectivity index (χ0n) is 18.7. The van der Waals surface area contributed by atoms with E-state index < -0.39 is 12.7 Å².